The summed E-state index contributed by atoms with van der Waals surface area (Å²) in [5.41, 5.74) is 2.51. The van der Waals surface area contributed by atoms with Crippen LogP contribution in [0.2, 0.25) is 0 Å². The summed E-state index contributed by atoms with van der Waals surface area (Å²) in [5, 5.41) is 3.26. The number of aryl methyl sites for hydroxylation is 1. The first kappa shape index (κ1) is 21.4. The van der Waals surface area contributed by atoms with Crippen LogP contribution in [0.25, 0.3) is 0 Å². The lowest BCUT2D eigenvalue weighted by atomic mass is 9.72. The van der Waals surface area contributed by atoms with Crippen LogP contribution in [0.5, 0.6) is 0 Å². The van der Waals surface area contributed by atoms with Gasteiger partial charge in [-0.25, -0.2) is 4.98 Å². The number of carbonyl (C=O) groups is 1. The second kappa shape index (κ2) is 9.12. The molecular formula is C23H32N4O2S. The highest BCUT2D eigenvalue weighted by Crippen LogP contribution is 2.52. The van der Waals surface area contributed by atoms with Gasteiger partial charge in [-0.2, -0.15) is 11.8 Å². The number of thioether (sulfide) groups is 1. The SMILES string of the molecule is CCn1ccnc1CN1CCC2(CC1)c1ccccc1[C@@H](NC(=O)CSC)[C@@H]2OC. The molecule has 2 atom stereocenters. The van der Waals surface area contributed by atoms with E-state index in [0.29, 0.717) is 5.75 Å². The Kier molecular flexibility index (Phi) is 6.51. The minimum Gasteiger partial charge on any atom is -0.378 e. The number of benzene rings is 1. The number of piperidine rings is 1. The highest BCUT2D eigenvalue weighted by atomic mass is 32.2. The number of methoxy groups -OCH3 is 1. The van der Waals surface area contributed by atoms with Crippen LogP contribution < -0.4 is 5.32 Å². The van der Waals surface area contributed by atoms with Crippen LogP contribution in [0.3, 0.4) is 0 Å². The second-order valence-electron chi connectivity index (χ2n) is 8.28. The minimum absolute atomic E-state index is 0.0412. The second-order valence-corrected chi connectivity index (χ2v) is 9.15. The molecule has 1 aromatic carbocycles. The summed E-state index contributed by atoms with van der Waals surface area (Å²) in [6, 6.07) is 8.49. The van der Waals surface area contributed by atoms with Gasteiger partial charge in [0.05, 0.1) is 24.4 Å². The Balaban J connectivity index is 1.55. The lowest BCUT2D eigenvalue weighted by molar-refractivity contribution is -0.121. The van der Waals surface area contributed by atoms with E-state index in [2.05, 4.69) is 57.2 Å². The highest BCUT2D eigenvalue weighted by molar-refractivity contribution is 7.99. The number of nitrogens with one attached hydrogen (secondary N) is 1. The van der Waals surface area contributed by atoms with Crippen molar-refractivity contribution in [2.24, 2.45) is 0 Å². The van der Waals surface area contributed by atoms with E-state index in [1.165, 1.54) is 11.1 Å². The maximum Gasteiger partial charge on any atom is 0.230 e. The molecule has 0 unspecified atom stereocenters. The maximum absolute atomic E-state index is 12.4. The maximum atomic E-state index is 12.4. The molecule has 162 valence electrons. The van der Waals surface area contributed by atoms with Gasteiger partial charge < -0.3 is 14.6 Å². The summed E-state index contributed by atoms with van der Waals surface area (Å²) < 4.78 is 8.31. The van der Waals surface area contributed by atoms with E-state index in [4.69, 9.17) is 4.74 Å². The van der Waals surface area contributed by atoms with Crippen LogP contribution in [0.15, 0.2) is 36.7 Å². The summed E-state index contributed by atoms with van der Waals surface area (Å²) in [7, 11) is 1.79. The first-order chi connectivity index (χ1) is 14.6. The third kappa shape index (κ3) is 3.79. The zero-order chi connectivity index (χ0) is 21.1. The summed E-state index contributed by atoms with van der Waals surface area (Å²) >= 11 is 1.55. The summed E-state index contributed by atoms with van der Waals surface area (Å²) in [6.07, 6.45) is 7.89. The highest BCUT2D eigenvalue weighted by Gasteiger charge is 2.53. The van der Waals surface area contributed by atoms with Crippen LogP contribution in [0.1, 0.15) is 42.8 Å². The zero-order valence-corrected chi connectivity index (χ0v) is 19.0. The lowest BCUT2D eigenvalue weighted by Gasteiger charge is -2.44. The largest absolute Gasteiger partial charge is 0.378 e. The van der Waals surface area contributed by atoms with Gasteiger partial charge in [0.25, 0.3) is 0 Å². The smallest absolute Gasteiger partial charge is 0.230 e. The Bertz CT molecular complexity index is 876. The number of likely N-dealkylation sites (tertiary alicyclic amines) is 1. The van der Waals surface area contributed by atoms with Gasteiger partial charge in [-0.15, -0.1) is 0 Å². The number of aromatic nitrogens is 2. The molecular weight excluding hydrogens is 396 g/mol. The monoisotopic (exact) mass is 428 g/mol. The fourth-order valence-corrected chi connectivity index (χ4v) is 5.71. The normalized spacial score (nSPS) is 22.9. The van der Waals surface area contributed by atoms with Gasteiger partial charge in [0.1, 0.15) is 5.82 Å². The Morgan fingerprint density at radius 1 is 1.33 bits per heavy atom. The van der Waals surface area contributed by atoms with Gasteiger partial charge in [-0.1, -0.05) is 24.3 Å². The number of carbonyl (C=O) groups excluding carboxylic acids is 1. The number of rotatable bonds is 7. The fraction of sp³-hybridized carbons (Fsp3) is 0.565. The molecule has 0 radical (unpaired) electrons. The molecule has 1 spiro atoms. The van der Waals surface area contributed by atoms with Crippen LogP contribution >= 0.6 is 11.8 Å². The molecule has 0 saturated carbocycles. The molecule has 1 aromatic heterocycles. The number of hydrogen-bond donors (Lipinski definition) is 1. The number of imidazole rings is 1. The molecule has 30 heavy (non-hydrogen) atoms. The quantitative estimate of drug-likeness (QED) is 0.735. The minimum atomic E-state index is -0.0867. The van der Waals surface area contributed by atoms with E-state index >= 15 is 0 Å². The predicted molar refractivity (Wildman–Crippen MR) is 121 cm³/mol. The molecule has 2 aliphatic rings. The van der Waals surface area contributed by atoms with Crippen molar-refractivity contribution in [1.82, 2.24) is 19.8 Å². The molecule has 1 amide bonds. The van der Waals surface area contributed by atoms with Crippen molar-refractivity contribution in [2.45, 2.75) is 50.4 Å². The van der Waals surface area contributed by atoms with Crippen molar-refractivity contribution in [3.8, 4) is 0 Å². The van der Waals surface area contributed by atoms with Gasteiger partial charge >= 0.3 is 0 Å². The van der Waals surface area contributed by atoms with E-state index in [0.717, 1.165) is 44.8 Å². The van der Waals surface area contributed by atoms with Crippen LogP contribution in [-0.2, 0) is 28.0 Å². The van der Waals surface area contributed by atoms with Crippen molar-refractivity contribution in [3.63, 3.8) is 0 Å². The molecule has 6 nitrogen and oxygen atoms in total. The van der Waals surface area contributed by atoms with Crippen molar-refractivity contribution in [1.29, 1.82) is 0 Å². The third-order valence-corrected chi connectivity index (χ3v) is 7.33. The molecule has 1 N–H and O–H groups in total. The number of fused-ring (bicyclic) bond motifs is 2. The third-order valence-electron chi connectivity index (χ3n) is 6.78. The Morgan fingerprint density at radius 2 is 2.10 bits per heavy atom. The first-order valence-corrected chi connectivity index (χ1v) is 12.1. The number of nitrogens with zero attached hydrogens (tertiary/aromatic N) is 3. The average molecular weight is 429 g/mol. The molecule has 4 rings (SSSR count). The predicted octanol–water partition coefficient (Wildman–Crippen LogP) is 2.99. The number of hydrogen-bond acceptors (Lipinski definition) is 5. The summed E-state index contributed by atoms with van der Waals surface area (Å²) in [5.74, 6) is 1.68. The molecule has 1 aliphatic carbocycles. The van der Waals surface area contributed by atoms with Gasteiger partial charge in [-0.05, 0) is 50.2 Å². The van der Waals surface area contributed by atoms with E-state index in [9.17, 15) is 4.79 Å². The molecule has 1 fully saturated rings. The van der Waals surface area contributed by atoms with Gasteiger partial charge in [-0.3, -0.25) is 9.69 Å². The topological polar surface area (TPSA) is 59.4 Å². The summed E-state index contributed by atoms with van der Waals surface area (Å²) in [4.78, 5) is 19.5. The van der Waals surface area contributed by atoms with Crippen LogP contribution in [0, 0.1) is 0 Å². The first-order valence-electron chi connectivity index (χ1n) is 10.8. The van der Waals surface area contributed by atoms with Crippen LogP contribution in [-0.4, -0.2) is 58.7 Å². The van der Waals surface area contributed by atoms with Gasteiger partial charge in [0, 0.05) is 31.5 Å². The molecule has 0 bridgehead atoms. The number of amides is 1. The molecule has 1 saturated heterocycles. The Labute approximate surface area is 183 Å². The zero-order valence-electron chi connectivity index (χ0n) is 18.1. The van der Waals surface area contributed by atoms with Gasteiger partial charge in [0.15, 0.2) is 0 Å². The van der Waals surface area contributed by atoms with E-state index < -0.39 is 0 Å². The molecule has 2 heterocycles. The molecule has 1 aliphatic heterocycles. The van der Waals surface area contributed by atoms with Crippen molar-refractivity contribution >= 4 is 17.7 Å². The van der Waals surface area contributed by atoms with Gasteiger partial charge in [0.2, 0.25) is 5.91 Å². The summed E-state index contributed by atoms with van der Waals surface area (Å²) in [6.45, 7) is 5.97. The van der Waals surface area contributed by atoms with Crippen molar-refractivity contribution in [3.05, 3.63) is 53.6 Å². The van der Waals surface area contributed by atoms with E-state index in [1.807, 2.05) is 12.5 Å². The fourth-order valence-electron chi connectivity index (χ4n) is 5.36. The van der Waals surface area contributed by atoms with Crippen LogP contribution in [0.4, 0.5) is 0 Å². The lowest BCUT2D eigenvalue weighted by Crippen LogP contribution is -2.50. The van der Waals surface area contributed by atoms with E-state index in [-0.39, 0.29) is 23.5 Å². The van der Waals surface area contributed by atoms with Crippen molar-refractivity contribution < 1.29 is 9.53 Å². The average Bonchev–Trinajstić information content (AvgIpc) is 3.31. The Hall–Kier alpha value is -1.83. The molecule has 7 heteroatoms. The standard InChI is InChI=1S/C23H32N4O2S/c1-4-27-14-11-24-19(27)15-26-12-9-23(10-13-26)18-8-6-5-7-17(18)21(22(23)29-2)25-20(28)16-30-3/h5-8,11,14,21-22H,4,9-10,12-13,15-16H2,1-3H3,(H,25,28)/t21-,22+/m1/s1. The Morgan fingerprint density at radius 3 is 2.80 bits per heavy atom. The van der Waals surface area contributed by atoms with Crippen molar-refractivity contribution in [2.75, 3.05) is 32.2 Å². The van der Waals surface area contributed by atoms with E-state index in [1.54, 1.807) is 18.9 Å². The number of ether oxygens (including phenoxy) is 1. The molecule has 2 aromatic rings.